The summed E-state index contributed by atoms with van der Waals surface area (Å²) in [5.74, 6) is 0. The van der Waals surface area contributed by atoms with Crippen molar-refractivity contribution in [1.29, 1.82) is 0 Å². The maximum Gasteiger partial charge on any atom is 0.0657 e. The molecule has 0 aromatic heterocycles. The third-order valence-corrected chi connectivity index (χ3v) is 1.66. The molecule has 0 aliphatic carbocycles. The van der Waals surface area contributed by atoms with Crippen molar-refractivity contribution in [2.45, 2.75) is 19.1 Å². The van der Waals surface area contributed by atoms with Crippen LogP contribution in [0.1, 0.15) is 38.3 Å². The molecule has 13 heavy (non-hydrogen) atoms. The number of anilines is 1. The Balaban J connectivity index is 3.01. The van der Waals surface area contributed by atoms with E-state index in [9.17, 15) is 0 Å². The summed E-state index contributed by atoms with van der Waals surface area (Å²) in [4.78, 5) is -0.131. The fourth-order valence-corrected chi connectivity index (χ4v) is 1.05. The van der Waals surface area contributed by atoms with E-state index in [0.29, 0.717) is 0 Å². The van der Waals surface area contributed by atoms with Crippen molar-refractivity contribution < 1.29 is 19.2 Å². The van der Waals surface area contributed by atoms with E-state index in [0.717, 1.165) is 0 Å². The number of hydrogen-bond donors (Lipinski definition) is 0. The molecule has 0 unspecified atom stereocenters. The number of hydrogen-bond acceptors (Lipinski definition) is 1. The minimum atomic E-state index is -3.62. The SMILES string of the molecule is [2H]c1c([2H])c(Br)c([2H])c(N2C([2H])([2H])C([2H])([2H])C([2H])([2H])C([2H])([2H])C2([2H])[2H])c1[2H]. The van der Waals surface area contributed by atoms with Gasteiger partial charge in [-0.2, -0.15) is 0 Å². The first-order valence-electron chi connectivity index (χ1n) is 10.4. The van der Waals surface area contributed by atoms with Crippen molar-refractivity contribution in [2.24, 2.45) is 0 Å². The summed E-state index contributed by atoms with van der Waals surface area (Å²) in [5.41, 5.74) is -0.957. The molecule has 1 fully saturated rings. The molecule has 70 valence electrons. The molecule has 2 rings (SSSR count). The lowest BCUT2D eigenvalue weighted by atomic mass is 10.1. The minimum absolute atomic E-state index is 0.131. The van der Waals surface area contributed by atoms with Gasteiger partial charge in [-0.15, -0.1) is 0 Å². The van der Waals surface area contributed by atoms with E-state index in [-0.39, 0.29) is 9.37 Å². The lowest BCUT2D eigenvalue weighted by molar-refractivity contribution is 0.578. The predicted molar refractivity (Wildman–Crippen MR) is 60.2 cm³/mol. The molecule has 0 spiro atoms. The van der Waals surface area contributed by atoms with Crippen molar-refractivity contribution in [3.63, 3.8) is 0 Å². The summed E-state index contributed by atoms with van der Waals surface area (Å²) >= 11 is 2.82. The van der Waals surface area contributed by atoms with Gasteiger partial charge in [0.2, 0.25) is 0 Å². The van der Waals surface area contributed by atoms with Gasteiger partial charge in [-0.25, -0.2) is 0 Å². The van der Waals surface area contributed by atoms with Crippen LogP contribution in [0.2, 0.25) is 0 Å². The Morgan fingerprint density at radius 3 is 2.85 bits per heavy atom. The highest BCUT2D eigenvalue weighted by Crippen LogP contribution is 2.22. The van der Waals surface area contributed by atoms with Gasteiger partial charge in [0, 0.05) is 36.9 Å². The van der Waals surface area contributed by atoms with Crippen molar-refractivity contribution in [1.82, 2.24) is 0 Å². The quantitative estimate of drug-likeness (QED) is 0.742. The van der Waals surface area contributed by atoms with Gasteiger partial charge in [0.25, 0.3) is 0 Å². The lowest BCUT2D eigenvalue weighted by Gasteiger charge is -2.28. The zero-order valence-corrected chi connectivity index (χ0v) is 7.91. The van der Waals surface area contributed by atoms with Crippen LogP contribution in [0.5, 0.6) is 0 Å². The van der Waals surface area contributed by atoms with E-state index in [1.807, 2.05) is 0 Å². The van der Waals surface area contributed by atoms with E-state index in [1.54, 1.807) is 0 Å². The summed E-state index contributed by atoms with van der Waals surface area (Å²) in [5, 5.41) is 0. The molecule has 0 bridgehead atoms. The van der Waals surface area contributed by atoms with Gasteiger partial charge in [0.05, 0.1) is 5.48 Å². The van der Waals surface area contributed by atoms with E-state index in [2.05, 4.69) is 15.9 Å². The number of nitrogens with zero attached hydrogens (tertiary/aromatic N) is 1. The molecular formula is C11H14BrN. The highest BCUT2D eigenvalue weighted by atomic mass is 79.9. The van der Waals surface area contributed by atoms with Crippen LogP contribution < -0.4 is 4.90 Å². The number of rotatable bonds is 1. The molecule has 2 heteroatoms. The number of piperidine rings is 1. The van der Waals surface area contributed by atoms with Crippen LogP contribution in [0, 0.1) is 0 Å². The second-order valence-electron chi connectivity index (χ2n) is 2.10. The zero-order chi connectivity index (χ0) is 21.5. The van der Waals surface area contributed by atoms with Crippen molar-refractivity contribution in [3.05, 3.63) is 28.6 Å². The molecule has 1 saturated heterocycles. The van der Waals surface area contributed by atoms with Gasteiger partial charge in [-0.3, -0.25) is 0 Å². The molecule has 1 aliphatic rings. The molecule has 0 radical (unpaired) electrons. The fraction of sp³-hybridized carbons (Fsp3) is 0.455. The highest BCUT2D eigenvalue weighted by Gasteiger charge is 2.10. The molecule has 1 aromatic carbocycles. The zero-order valence-electron chi connectivity index (χ0n) is 20.3. The second-order valence-corrected chi connectivity index (χ2v) is 2.89. The standard InChI is InChI=1S/C11H14BrN/c12-10-5-4-6-11(9-10)13-7-2-1-3-8-13/h4-6,9H,1-3,7-8H2/i1D2,2D2,3D2,4D,5D,6D,7D2,8D2,9D. The van der Waals surface area contributed by atoms with Crippen molar-refractivity contribution in [3.8, 4) is 0 Å². The third kappa shape index (κ3) is 2.25. The van der Waals surface area contributed by atoms with Gasteiger partial charge in [-0.1, -0.05) is 22.0 Å². The first-order chi connectivity index (χ1) is 11.8. The Hall–Kier alpha value is -0.500. The molecular weight excluding hydrogens is 226 g/mol. The largest absolute Gasteiger partial charge is 0.372 e. The van der Waals surface area contributed by atoms with Gasteiger partial charge in [0.15, 0.2) is 0 Å². The monoisotopic (exact) mass is 253 g/mol. The van der Waals surface area contributed by atoms with Crippen LogP contribution in [0.3, 0.4) is 0 Å². The predicted octanol–water partition coefficient (Wildman–Crippen LogP) is 3.44. The normalized spacial score (nSPS) is 52.5. The Morgan fingerprint density at radius 1 is 1.31 bits per heavy atom. The van der Waals surface area contributed by atoms with E-state index in [1.165, 1.54) is 0 Å². The molecule has 1 aliphatic heterocycles. The number of halogens is 1. The van der Waals surface area contributed by atoms with Crippen LogP contribution in [0.4, 0.5) is 5.69 Å². The Bertz CT molecular complexity index is 744. The summed E-state index contributed by atoms with van der Waals surface area (Å²) in [6.45, 7) is -7.10. The van der Waals surface area contributed by atoms with Gasteiger partial charge in [-0.05, 0) is 37.2 Å². The molecule has 1 aromatic rings. The first-order valence-corrected chi connectivity index (χ1v) is 4.15. The lowest BCUT2D eigenvalue weighted by Crippen LogP contribution is -2.29. The molecule has 1 nitrogen and oxygen atoms in total. The minimum Gasteiger partial charge on any atom is -0.372 e. The average molecular weight is 254 g/mol. The van der Waals surface area contributed by atoms with Crippen LogP contribution in [0.15, 0.2) is 28.6 Å². The smallest absolute Gasteiger partial charge is 0.0657 e. The third-order valence-electron chi connectivity index (χ3n) is 1.27. The van der Waals surface area contributed by atoms with E-state index >= 15 is 0 Å². The van der Waals surface area contributed by atoms with Crippen molar-refractivity contribution >= 4 is 21.6 Å². The van der Waals surface area contributed by atoms with E-state index < -0.39 is 62.0 Å². The number of benzene rings is 1. The Morgan fingerprint density at radius 2 is 2.08 bits per heavy atom. The molecule has 0 amide bonds. The van der Waals surface area contributed by atoms with Crippen molar-refractivity contribution in [2.75, 3.05) is 17.9 Å². The fourth-order valence-electron chi connectivity index (χ4n) is 0.762. The Labute approximate surface area is 108 Å². The van der Waals surface area contributed by atoms with Crippen LogP contribution in [-0.2, 0) is 0 Å². The topological polar surface area (TPSA) is 3.24 Å². The molecule has 0 saturated carbocycles. The summed E-state index contributed by atoms with van der Waals surface area (Å²) in [7, 11) is 0. The second kappa shape index (κ2) is 4.14. The van der Waals surface area contributed by atoms with Crippen LogP contribution >= 0.6 is 15.9 Å². The van der Waals surface area contributed by atoms with Gasteiger partial charge < -0.3 is 4.90 Å². The van der Waals surface area contributed by atoms with E-state index in [4.69, 9.17) is 19.2 Å². The summed E-state index contributed by atoms with van der Waals surface area (Å²) < 4.78 is 110. The molecule has 0 atom stereocenters. The highest BCUT2D eigenvalue weighted by molar-refractivity contribution is 9.10. The van der Waals surface area contributed by atoms with Gasteiger partial charge >= 0.3 is 0 Å². The van der Waals surface area contributed by atoms with Crippen LogP contribution in [-0.4, -0.2) is 13.0 Å². The maximum atomic E-state index is 8.08. The summed E-state index contributed by atoms with van der Waals surface area (Å²) in [6.07, 6.45) is -10.8. The molecule has 1 heterocycles. The first kappa shape index (κ1) is 2.19. The molecule has 0 N–H and O–H groups in total. The summed E-state index contributed by atoms with van der Waals surface area (Å²) in [6, 6.07) is -3.21. The van der Waals surface area contributed by atoms with Gasteiger partial charge in [0.1, 0.15) is 0 Å². The van der Waals surface area contributed by atoms with Crippen LogP contribution in [0.25, 0.3) is 0 Å². The average Bonchev–Trinajstić information content (AvgIpc) is 2.52. The maximum absolute atomic E-state index is 8.08. The Kier molecular flexibility index (Phi) is 0.696.